The summed E-state index contributed by atoms with van der Waals surface area (Å²) in [6, 6.07) is 11.1. The van der Waals surface area contributed by atoms with E-state index in [4.69, 9.17) is 21.1 Å². The van der Waals surface area contributed by atoms with Gasteiger partial charge in [-0.05, 0) is 55.3 Å². The molecule has 0 aliphatic carbocycles. The lowest BCUT2D eigenvalue weighted by Crippen LogP contribution is -2.41. The van der Waals surface area contributed by atoms with Crippen LogP contribution in [-0.2, 0) is 9.53 Å². The van der Waals surface area contributed by atoms with Crippen LogP contribution >= 0.6 is 11.6 Å². The molecule has 1 amide bonds. The van der Waals surface area contributed by atoms with Crippen LogP contribution in [0.4, 0.5) is 0 Å². The highest BCUT2D eigenvalue weighted by atomic mass is 35.5. The van der Waals surface area contributed by atoms with E-state index < -0.39 is 5.97 Å². The largest absolute Gasteiger partial charge is 0.496 e. The fraction of sp³-hybridized carbons (Fsp3) is 0.318. The first-order valence-corrected chi connectivity index (χ1v) is 9.83. The molecule has 0 saturated carbocycles. The number of halogens is 1. The topological polar surface area (TPSA) is 82.1 Å². The molecule has 0 unspecified atom stereocenters. The van der Waals surface area contributed by atoms with Crippen molar-refractivity contribution in [2.45, 2.75) is 12.8 Å². The predicted molar refractivity (Wildman–Crippen MR) is 110 cm³/mol. The molecule has 1 saturated heterocycles. The van der Waals surface area contributed by atoms with Gasteiger partial charge < -0.3 is 19.1 Å². The Morgan fingerprint density at radius 1 is 1.00 bits per heavy atom. The summed E-state index contributed by atoms with van der Waals surface area (Å²) in [4.78, 5) is 38.5. The number of likely N-dealkylation sites (tertiary alicyclic amines) is 1. The summed E-state index contributed by atoms with van der Waals surface area (Å²) in [5, 5.41) is 0.454. The van der Waals surface area contributed by atoms with E-state index >= 15 is 0 Å². The van der Waals surface area contributed by atoms with Gasteiger partial charge in [0.05, 0.1) is 31.3 Å². The van der Waals surface area contributed by atoms with Crippen molar-refractivity contribution < 1.29 is 28.6 Å². The van der Waals surface area contributed by atoms with Crippen LogP contribution in [0.3, 0.4) is 0 Å². The molecule has 1 fully saturated rings. The normalized spacial score (nSPS) is 14.2. The van der Waals surface area contributed by atoms with Crippen LogP contribution in [0.2, 0.25) is 5.02 Å². The first-order valence-electron chi connectivity index (χ1n) is 9.45. The zero-order valence-corrected chi connectivity index (χ0v) is 17.5. The number of nitrogens with zero attached hydrogens (tertiary/aromatic N) is 1. The van der Waals surface area contributed by atoms with Crippen molar-refractivity contribution in [1.82, 2.24) is 4.90 Å². The van der Waals surface area contributed by atoms with E-state index in [-0.39, 0.29) is 17.8 Å². The van der Waals surface area contributed by atoms with Crippen molar-refractivity contribution in [3.8, 4) is 11.5 Å². The molecular weight excluding hydrogens is 410 g/mol. The quantitative estimate of drug-likeness (QED) is 0.531. The molecule has 1 aliphatic rings. The van der Waals surface area contributed by atoms with Crippen LogP contribution in [-0.4, -0.2) is 50.1 Å². The Labute approximate surface area is 179 Å². The van der Waals surface area contributed by atoms with Crippen LogP contribution in [0.15, 0.2) is 42.5 Å². The van der Waals surface area contributed by atoms with E-state index in [1.54, 1.807) is 35.2 Å². The van der Waals surface area contributed by atoms with Crippen molar-refractivity contribution in [2.75, 3.05) is 27.3 Å². The summed E-state index contributed by atoms with van der Waals surface area (Å²) < 4.78 is 15.3. The fourth-order valence-electron chi connectivity index (χ4n) is 3.31. The molecule has 3 rings (SSSR count). The van der Waals surface area contributed by atoms with Gasteiger partial charge in [-0.25, -0.2) is 4.79 Å². The summed E-state index contributed by atoms with van der Waals surface area (Å²) >= 11 is 6.02. The molecule has 0 atom stereocenters. The van der Waals surface area contributed by atoms with Gasteiger partial charge in [0.2, 0.25) is 0 Å². The highest BCUT2D eigenvalue weighted by Crippen LogP contribution is 2.27. The number of esters is 2. The lowest BCUT2D eigenvalue weighted by atomic mass is 9.96. The highest BCUT2D eigenvalue weighted by Gasteiger charge is 2.30. The van der Waals surface area contributed by atoms with Gasteiger partial charge in [-0.2, -0.15) is 0 Å². The lowest BCUT2D eigenvalue weighted by molar-refractivity contribution is -0.140. The third kappa shape index (κ3) is 4.91. The molecule has 0 spiro atoms. The Balaban J connectivity index is 1.57. The highest BCUT2D eigenvalue weighted by molar-refractivity contribution is 6.31. The maximum Gasteiger partial charge on any atom is 0.337 e. The number of rotatable bonds is 5. The van der Waals surface area contributed by atoms with Gasteiger partial charge >= 0.3 is 11.9 Å². The van der Waals surface area contributed by atoms with Crippen LogP contribution in [0.5, 0.6) is 11.5 Å². The molecule has 8 heteroatoms. The van der Waals surface area contributed by atoms with Gasteiger partial charge in [0.1, 0.15) is 11.5 Å². The van der Waals surface area contributed by atoms with Crippen molar-refractivity contribution in [1.29, 1.82) is 0 Å². The third-order valence-corrected chi connectivity index (χ3v) is 5.24. The number of ether oxygens (including phenoxy) is 3. The maximum atomic E-state index is 12.8. The Morgan fingerprint density at radius 3 is 2.27 bits per heavy atom. The second-order valence-electron chi connectivity index (χ2n) is 6.85. The minimum atomic E-state index is -0.457. The Bertz CT molecular complexity index is 935. The molecule has 30 heavy (non-hydrogen) atoms. The Hall–Kier alpha value is -3.06. The number of carbonyl (C=O) groups excluding carboxylic acids is 3. The number of carbonyl (C=O) groups is 3. The monoisotopic (exact) mass is 431 g/mol. The van der Waals surface area contributed by atoms with Gasteiger partial charge in [-0.15, -0.1) is 0 Å². The molecule has 7 nitrogen and oxygen atoms in total. The van der Waals surface area contributed by atoms with Crippen molar-refractivity contribution in [3.05, 3.63) is 58.6 Å². The summed E-state index contributed by atoms with van der Waals surface area (Å²) in [6.45, 7) is 0.852. The molecule has 2 aromatic rings. The van der Waals surface area contributed by atoms with Crippen LogP contribution < -0.4 is 9.47 Å². The Kier molecular flexibility index (Phi) is 6.95. The molecule has 0 aromatic heterocycles. The Morgan fingerprint density at radius 2 is 1.67 bits per heavy atom. The lowest BCUT2D eigenvalue weighted by Gasteiger charge is -2.31. The number of methoxy groups -OCH3 is 2. The first-order chi connectivity index (χ1) is 14.4. The molecule has 1 aliphatic heterocycles. The third-order valence-electron chi connectivity index (χ3n) is 5.00. The minimum absolute atomic E-state index is 0.181. The second kappa shape index (κ2) is 9.63. The summed E-state index contributed by atoms with van der Waals surface area (Å²) in [7, 11) is 2.80. The minimum Gasteiger partial charge on any atom is -0.496 e. The van der Waals surface area contributed by atoms with E-state index in [9.17, 15) is 14.4 Å². The molecule has 0 bridgehead atoms. The average Bonchev–Trinajstić information content (AvgIpc) is 2.78. The molecule has 158 valence electrons. The number of amides is 1. The summed E-state index contributed by atoms with van der Waals surface area (Å²) in [5.74, 6) is -0.485. The van der Waals surface area contributed by atoms with Gasteiger partial charge in [0.15, 0.2) is 0 Å². The van der Waals surface area contributed by atoms with Crippen molar-refractivity contribution in [2.24, 2.45) is 5.92 Å². The fourth-order valence-corrected chi connectivity index (χ4v) is 3.48. The summed E-state index contributed by atoms with van der Waals surface area (Å²) in [5.41, 5.74) is 0.775. The van der Waals surface area contributed by atoms with Gasteiger partial charge in [-0.1, -0.05) is 11.6 Å². The van der Waals surface area contributed by atoms with Crippen molar-refractivity contribution in [3.63, 3.8) is 0 Å². The summed E-state index contributed by atoms with van der Waals surface area (Å²) in [6.07, 6.45) is 0.987. The zero-order chi connectivity index (χ0) is 21.7. The zero-order valence-electron chi connectivity index (χ0n) is 16.7. The number of hydrogen-bond acceptors (Lipinski definition) is 6. The van der Waals surface area contributed by atoms with Crippen molar-refractivity contribution >= 4 is 29.4 Å². The van der Waals surface area contributed by atoms with Crippen LogP contribution in [0.25, 0.3) is 0 Å². The molecule has 1 heterocycles. The van der Waals surface area contributed by atoms with Gasteiger partial charge in [-0.3, -0.25) is 9.59 Å². The van der Waals surface area contributed by atoms with E-state index in [0.717, 1.165) is 0 Å². The molecule has 0 N–H and O–H groups in total. The predicted octanol–water partition coefficient (Wildman–Crippen LogP) is 3.59. The maximum absolute atomic E-state index is 12.8. The number of hydrogen-bond donors (Lipinski definition) is 0. The van der Waals surface area contributed by atoms with Gasteiger partial charge in [0, 0.05) is 18.1 Å². The van der Waals surface area contributed by atoms with Crippen LogP contribution in [0, 0.1) is 5.92 Å². The molecular formula is C22H22ClNO6. The van der Waals surface area contributed by atoms with E-state index in [2.05, 4.69) is 4.74 Å². The second-order valence-corrected chi connectivity index (χ2v) is 7.28. The van der Waals surface area contributed by atoms with E-state index in [0.29, 0.717) is 53.6 Å². The average molecular weight is 432 g/mol. The number of piperidine rings is 1. The smallest absolute Gasteiger partial charge is 0.337 e. The molecule has 0 radical (unpaired) electrons. The van der Waals surface area contributed by atoms with Crippen LogP contribution in [0.1, 0.15) is 33.6 Å². The standard InChI is InChI=1S/C22H22ClNO6/c1-28-19-8-5-16(23)13-18(19)20(25)24-11-9-15(10-12-24)22(27)30-17-6-3-14(4-7-17)21(26)29-2/h3-8,13,15H,9-12H2,1-2H3. The van der Waals surface area contributed by atoms with E-state index in [1.807, 2.05) is 0 Å². The van der Waals surface area contributed by atoms with Gasteiger partial charge in [0.25, 0.3) is 5.91 Å². The number of benzene rings is 2. The van der Waals surface area contributed by atoms with E-state index in [1.165, 1.54) is 26.4 Å². The molecule has 2 aromatic carbocycles. The first kappa shape index (κ1) is 21.6. The SMILES string of the molecule is COC(=O)c1ccc(OC(=O)C2CCN(C(=O)c3cc(Cl)ccc3OC)CC2)cc1.